The van der Waals surface area contributed by atoms with Crippen LogP contribution in [0.5, 0.6) is 0 Å². The number of fused-ring (bicyclic) bond motifs is 4. The summed E-state index contributed by atoms with van der Waals surface area (Å²) in [6.07, 6.45) is 1.64. The SMILES string of the molecule is c1ccc(-c2oc3ncn4nc(-c5ccc6ccccc6n5)nc4c3c2-c2ccccc2)cc1. The maximum atomic E-state index is 6.31. The molecule has 160 valence electrons. The van der Waals surface area contributed by atoms with Crippen molar-refractivity contribution in [1.29, 1.82) is 0 Å². The molecule has 0 bridgehead atoms. The van der Waals surface area contributed by atoms with Gasteiger partial charge in [-0.2, -0.15) is 0 Å². The molecule has 0 saturated carbocycles. The summed E-state index contributed by atoms with van der Waals surface area (Å²) in [4.78, 5) is 14.2. The Morgan fingerprint density at radius 2 is 1.41 bits per heavy atom. The molecule has 0 aliphatic heterocycles. The van der Waals surface area contributed by atoms with Crippen molar-refractivity contribution in [3.05, 3.63) is 103 Å². The summed E-state index contributed by atoms with van der Waals surface area (Å²) in [5, 5.41) is 6.60. The number of hydrogen-bond acceptors (Lipinski definition) is 5. The Labute approximate surface area is 194 Å². The highest BCUT2D eigenvalue weighted by Gasteiger charge is 2.23. The van der Waals surface area contributed by atoms with Crippen LogP contribution in [-0.2, 0) is 0 Å². The maximum absolute atomic E-state index is 6.31. The number of aromatic nitrogens is 5. The van der Waals surface area contributed by atoms with Gasteiger partial charge in [0.15, 0.2) is 5.65 Å². The summed E-state index contributed by atoms with van der Waals surface area (Å²) in [5.41, 5.74) is 5.78. The molecule has 0 atom stereocenters. The molecule has 0 aliphatic carbocycles. The Bertz CT molecular complexity index is 1800. The second-order valence-corrected chi connectivity index (χ2v) is 8.06. The van der Waals surface area contributed by atoms with Crippen LogP contribution in [0.25, 0.3) is 61.6 Å². The topological polar surface area (TPSA) is 69.1 Å². The van der Waals surface area contributed by atoms with Crippen molar-refractivity contribution in [2.45, 2.75) is 0 Å². The second kappa shape index (κ2) is 7.35. The van der Waals surface area contributed by atoms with E-state index in [-0.39, 0.29) is 0 Å². The van der Waals surface area contributed by atoms with Gasteiger partial charge in [-0.15, -0.1) is 5.10 Å². The van der Waals surface area contributed by atoms with E-state index in [9.17, 15) is 0 Å². The lowest BCUT2D eigenvalue weighted by Gasteiger charge is -2.03. The van der Waals surface area contributed by atoms with E-state index in [1.165, 1.54) is 0 Å². The van der Waals surface area contributed by atoms with Crippen LogP contribution in [0, 0.1) is 0 Å². The molecule has 3 aromatic carbocycles. The zero-order valence-electron chi connectivity index (χ0n) is 18.0. The molecule has 7 aromatic rings. The fraction of sp³-hybridized carbons (Fsp3) is 0. The first-order chi connectivity index (χ1) is 16.8. The maximum Gasteiger partial charge on any atom is 0.232 e. The molecule has 0 amide bonds. The van der Waals surface area contributed by atoms with E-state index in [2.05, 4.69) is 17.1 Å². The third-order valence-corrected chi connectivity index (χ3v) is 5.95. The normalized spacial score (nSPS) is 11.5. The van der Waals surface area contributed by atoms with Gasteiger partial charge in [-0.1, -0.05) is 84.9 Å². The van der Waals surface area contributed by atoms with Gasteiger partial charge in [0.05, 0.1) is 10.9 Å². The van der Waals surface area contributed by atoms with Gasteiger partial charge in [-0.25, -0.2) is 19.5 Å². The van der Waals surface area contributed by atoms with Crippen molar-refractivity contribution in [2.75, 3.05) is 0 Å². The fourth-order valence-electron chi connectivity index (χ4n) is 4.37. The molecule has 4 aromatic heterocycles. The van der Waals surface area contributed by atoms with Crippen LogP contribution in [0.15, 0.2) is 108 Å². The number of nitrogens with zero attached hydrogens (tertiary/aromatic N) is 5. The largest absolute Gasteiger partial charge is 0.437 e. The molecule has 0 radical (unpaired) electrons. The molecule has 6 nitrogen and oxygen atoms in total. The summed E-state index contributed by atoms with van der Waals surface area (Å²) < 4.78 is 8.01. The molecule has 0 spiro atoms. The highest BCUT2D eigenvalue weighted by Crippen LogP contribution is 2.41. The first-order valence-electron chi connectivity index (χ1n) is 11.0. The predicted octanol–water partition coefficient (Wildman–Crippen LogP) is 6.42. The molecule has 0 saturated heterocycles. The van der Waals surface area contributed by atoms with Crippen molar-refractivity contribution in [3.63, 3.8) is 0 Å². The minimum atomic E-state index is 0.524. The highest BCUT2D eigenvalue weighted by atomic mass is 16.3. The Kier molecular flexibility index (Phi) is 4.04. The minimum absolute atomic E-state index is 0.524. The third kappa shape index (κ3) is 2.89. The summed E-state index contributed by atoms with van der Waals surface area (Å²) in [6, 6.07) is 32.3. The van der Waals surface area contributed by atoms with Crippen LogP contribution < -0.4 is 0 Å². The number of pyridine rings is 1. The smallest absolute Gasteiger partial charge is 0.232 e. The molecule has 0 aliphatic rings. The standard InChI is InChI=1S/C28H17N5O/c1-3-10-19(11-4-1)23-24-27-31-26(22-16-15-18-9-7-8-14-21(18)30-22)32-33(27)17-29-28(24)34-25(23)20-12-5-2-6-13-20/h1-17H. The molecule has 7 rings (SSSR count). The first-order valence-corrected chi connectivity index (χ1v) is 11.0. The van der Waals surface area contributed by atoms with Gasteiger partial charge < -0.3 is 4.42 Å². The number of hydrogen-bond donors (Lipinski definition) is 0. The molecular formula is C28H17N5O. The fourth-order valence-corrected chi connectivity index (χ4v) is 4.37. The summed E-state index contributed by atoms with van der Waals surface area (Å²) >= 11 is 0. The van der Waals surface area contributed by atoms with Crippen LogP contribution in [0.4, 0.5) is 0 Å². The van der Waals surface area contributed by atoms with E-state index in [1.807, 2.05) is 84.9 Å². The Balaban J connectivity index is 1.52. The van der Waals surface area contributed by atoms with Crippen LogP contribution in [-0.4, -0.2) is 24.6 Å². The van der Waals surface area contributed by atoms with Crippen molar-refractivity contribution >= 4 is 27.6 Å². The third-order valence-electron chi connectivity index (χ3n) is 5.95. The van der Waals surface area contributed by atoms with E-state index < -0.39 is 0 Å². The number of benzene rings is 3. The zero-order chi connectivity index (χ0) is 22.5. The lowest BCUT2D eigenvalue weighted by atomic mass is 9.99. The van der Waals surface area contributed by atoms with E-state index in [0.717, 1.165) is 38.7 Å². The van der Waals surface area contributed by atoms with Crippen LogP contribution in [0.2, 0.25) is 0 Å². The van der Waals surface area contributed by atoms with Gasteiger partial charge in [-0.05, 0) is 17.7 Å². The van der Waals surface area contributed by atoms with Gasteiger partial charge in [0, 0.05) is 16.5 Å². The lowest BCUT2D eigenvalue weighted by molar-refractivity contribution is 0.617. The van der Waals surface area contributed by atoms with Gasteiger partial charge >= 0.3 is 0 Å². The average Bonchev–Trinajstić information content (AvgIpc) is 3.51. The van der Waals surface area contributed by atoms with Crippen molar-refractivity contribution < 1.29 is 4.42 Å². The molecule has 0 N–H and O–H groups in total. The average molecular weight is 439 g/mol. The van der Waals surface area contributed by atoms with Crippen LogP contribution in [0.1, 0.15) is 0 Å². The number of para-hydroxylation sites is 1. The predicted molar refractivity (Wildman–Crippen MR) is 132 cm³/mol. The second-order valence-electron chi connectivity index (χ2n) is 8.06. The van der Waals surface area contributed by atoms with Crippen molar-refractivity contribution in [2.24, 2.45) is 0 Å². The molecule has 0 fully saturated rings. The van der Waals surface area contributed by atoms with Gasteiger partial charge in [-0.3, -0.25) is 0 Å². The van der Waals surface area contributed by atoms with Gasteiger partial charge in [0.1, 0.15) is 17.8 Å². The monoisotopic (exact) mass is 439 g/mol. The van der Waals surface area contributed by atoms with E-state index in [0.29, 0.717) is 22.9 Å². The Morgan fingerprint density at radius 1 is 0.676 bits per heavy atom. The molecule has 34 heavy (non-hydrogen) atoms. The minimum Gasteiger partial charge on any atom is -0.437 e. The highest BCUT2D eigenvalue weighted by molar-refractivity contribution is 6.07. The van der Waals surface area contributed by atoms with Crippen LogP contribution >= 0.6 is 0 Å². The van der Waals surface area contributed by atoms with Gasteiger partial charge in [0.2, 0.25) is 11.5 Å². The van der Waals surface area contributed by atoms with Gasteiger partial charge in [0.25, 0.3) is 0 Å². The zero-order valence-corrected chi connectivity index (χ0v) is 18.0. The Morgan fingerprint density at radius 3 is 2.24 bits per heavy atom. The van der Waals surface area contributed by atoms with E-state index in [1.54, 1.807) is 10.8 Å². The molecule has 6 heteroatoms. The summed E-state index contributed by atoms with van der Waals surface area (Å²) in [7, 11) is 0. The molecule has 4 heterocycles. The summed E-state index contributed by atoms with van der Waals surface area (Å²) in [5.74, 6) is 1.30. The Hall–Kier alpha value is -4.84. The number of furan rings is 1. The quantitative estimate of drug-likeness (QED) is 0.318. The lowest BCUT2D eigenvalue weighted by Crippen LogP contribution is -1.91. The molecule has 0 unspecified atom stereocenters. The summed E-state index contributed by atoms with van der Waals surface area (Å²) in [6.45, 7) is 0. The van der Waals surface area contributed by atoms with Crippen molar-refractivity contribution in [1.82, 2.24) is 24.6 Å². The molecular weight excluding hydrogens is 422 g/mol. The van der Waals surface area contributed by atoms with E-state index in [4.69, 9.17) is 19.5 Å². The van der Waals surface area contributed by atoms with E-state index >= 15 is 0 Å². The number of rotatable bonds is 3. The van der Waals surface area contributed by atoms with Crippen LogP contribution in [0.3, 0.4) is 0 Å². The first kappa shape index (κ1) is 18.7. The van der Waals surface area contributed by atoms with Crippen molar-refractivity contribution in [3.8, 4) is 34.0 Å².